The lowest BCUT2D eigenvalue weighted by Crippen LogP contribution is -2.46. The molecule has 1 amide bonds. The highest BCUT2D eigenvalue weighted by Crippen LogP contribution is 2.44. The highest BCUT2D eigenvalue weighted by Gasteiger charge is 2.33. The van der Waals surface area contributed by atoms with Crippen LogP contribution in [-0.2, 0) is 15.4 Å². The van der Waals surface area contributed by atoms with E-state index in [1.165, 1.54) is 22.3 Å². The molecule has 210 valence electrons. The SMILES string of the molecule is C[Si](C)(CCCNC(=O)OCC1c2ccccc2-c2ccccc21)O[Si](C)(C)CSc1ncc(CN=[N+]=[N-])cn1. The molecule has 0 aliphatic heterocycles. The lowest BCUT2D eigenvalue weighted by atomic mass is 9.98. The Bertz CT molecular complexity index is 1320. The second kappa shape index (κ2) is 13.5. The quantitative estimate of drug-likeness (QED) is 0.0423. The van der Waals surface area contributed by atoms with Crippen LogP contribution >= 0.6 is 11.8 Å². The van der Waals surface area contributed by atoms with Crippen molar-refractivity contribution in [2.75, 3.05) is 18.5 Å². The van der Waals surface area contributed by atoms with Crippen LogP contribution in [0.2, 0.25) is 32.2 Å². The fraction of sp³-hybridized carbons (Fsp3) is 0.393. The van der Waals surface area contributed by atoms with Gasteiger partial charge in [0, 0.05) is 35.1 Å². The van der Waals surface area contributed by atoms with Crippen molar-refractivity contribution in [3.63, 3.8) is 0 Å². The lowest BCUT2D eigenvalue weighted by Gasteiger charge is -2.33. The predicted molar refractivity (Wildman–Crippen MR) is 164 cm³/mol. The molecule has 0 radical (unpaired) electrons. The van der Waals surface area contributed by atoms with E-state index < -0.39 is 16.6 Å². The number of carbonyl (C=O) groups is 1. The molecule has 0 saturated heterocycles. The molecule has 0 unspecified atom stereocenters. The molecule has 1 aromatic heterocycles. The van der Waals surface area contributed by atoms with Crippen LogP contribution in [0.15, 0.2) is 71.2 Å². The zero-order valence-corrected chi connectivity index (χ0v) is 26.3. The van der Waals surface area contributed by atoms with Crippen molar-refractivity contribution in [1.29, 1.82) is 0 Å². The van der Waals surface area contributed by atoms with Crippen LogP contribution in [0.5, 0.6) is 0 Å². The number of rotatable bonds is 13. The van der Waals surface area contributed by atoms with Gasteiger partial charge in [-0.15, -0.1) is 0 Å². The third-order valence-electron chi connectivity index (χ3n) is 6.67. The van der Waals surface area contributed by atoms with Gasteiger partial charge in [0.25, 0.3) is 0 Å². The summed E-state index contributed by atoms with van der Waals surface area (Å²) >= 11 is 1.60. The van der Waals surface area contributed by atoms with Gasteiger partial charge in [-0.2, -0.15) is 0 Å². The average molecular weight is 593 g/mol. The zero-order chi connectivity index (χ0) is 28.6. The summed E-state index contributed by atoms with van der Waals surface area (Å²) in [6, 6.07) is 17.6. The van der Waals surface area contributed by atoms with Gasteiger partial charge in [0.2, 0.25) is 0 Å². The van der Waals surface area contributed by atoms with Crippen molar-refractivity contribution in [3.05, 3.63) is 88.1 Å². The smallest absolute Gasteiger partial charge is 0.407 e. The van der Waals surface area contributed by atoms with Gasteiger partial charge in [0.15, 0.2) is 21.8 Å². The third kappa shape index (κ3) is 8.18. The number of alkyl carbamates (subject to hydrolysis) is 1. The van der Waals surface area contributed by atoms with Gasteiger partial charge in [-0.05, 0) is 72.0 Å². The molecule has 0 fully saturated rings. The number of hydrogen-bond acceptors (Lipinski definition) is 7. The van der Waals surface area contributed by atoms with Crippen LogP contribution in [0.1, 0.15) is 29.0 Å². The van der Waals surface area contributed by atoms with Gasteiger partial charge >= 0.3 is 6.09 Å². The summed E-state index contributed by atoms with van der Waals surface area (Å²) in [4.78, 5) is 24.0. The first kappa shape index (κ1) is 29.8. The molecule has 0 bridgehead atoms. The Morgan fingerprint density at radius 1 is 1.02 bits per heavy atom. The van der Waals surface area contributed by atoms with Gasteiger partial charge in [-0.3, -0.25) is 0 Å². The molecule has 1 N–H and O–H groups in total. The maximum atomic E-state index is 12.5. The molecule has 0 atom stereocenters. The van der Waals surface area contributed by atoms with Gasteiger partial charge in [0.05, 0.1) is 6.54 Å². The maximum absolute atomic E-state index is 12.5. The summed E-state index contributed by atoms with van der Waals surface area (Å²) in [5.41, 5.74) is 14.1. The molecule has 0 saturated carbocycles. The summed E-state index contributed by atoms with van der Waals surface area (Å²) in [6.07, 6.45) is 3.86. The zero-order valence-electron chi connectivity index (χ0n) is 23.5. The van der Waals surface area contributed by atoms with Gasteiger partial charge in [0.1, 0.15) is 6.61 Å². The van der Waals surface area contributed by atoms with E-state index in [1.807, 2.05) is 24.3 Å². The largest absolute Gasteiger partial charge is 0.455 e. The first-order chi connectivity index (χ1) is 19.2. The highest BCUT2D eigenvalue weighted by atomic mass is 32.2. The Hall–Kier alpha value is -3.16. The number of azide groups is 1. The lowest BCUT2D eigenvalue weighted by molar-refractivity contribution is 0.143. The number of fused-ring (bicyclic) bond motifs is 3. The van der Waals surface area contributed by atoms with E-state index in [4.69, 9.17) is 14.4 Å². The maximum Gasteiger partial charge on any atom is 0.407 e. The number of aromatic nitrogens is 2. The molecular formula is C28H36N6O3SSi2. The van der Waals surface area contributed by atoms with Crippen molar-refractivity contribution in [1.82, 2.24) is 15.3 Å². The molecule has 1 aliphatic carbocycles. The second-order valence-electron chi connectivity index (χ2n) is 11.0. The summed E-state index contributed by atoms with van der Waals surface area (Å²) in [7, 11) is -3.88. The highest BCUT2D eigenvalue weighted by molar-refractivity contribution is 8.00. The number of nitrogens with one attached hydrogen (secondary N) is 1. The predicted octanol–water partition coefficient (Wildman–Crippen LogP) is 7.27. The van der Waals surface area contributed by atoms with Crippen LogP contribution in [0, 0.1) is 0 Å². The second-order valence-corrected chi connectivity index (χ2v) is 21.2. The minimum Gasteiger partial charge on any atom is -0.455 e. The minimum absolute atomic E-state index is 0.0593. The van der Waals surface area contributed by atoms with Crippen molar-refractivity contribution in [3.8, 4) is 11.1 Å². The summed E-state index contributed by atoms with van der Waals surface area (Å²) < 4.78 is 12.4. The van der Waals surface area contributed by atoms with Crippen LogP contribution < -0.4 is 5.32 Å². The first-order valence-electron chi connectivity index (χ1n) is 13.4. The van der Waals surface area contributed by atoms with Crippen LogP contribution in [0.4, 0.5) is 4.79 Å². The molecule has 0 spiro atoms. The van der Waals surface area contributed by atoms with Crippen molar-refractivity contribution < 1.29 is 13.6 Å². The topological polar surface area (TPSA) is 122 Å². The fourth-order valence-corrected chi connectivity index (χ4v) is 15.4. The van der Waals surface area contributed by atoms with Crippen molar-refractivity contribution in [2.24, 2.45) is 5.11 Å². The summed E-state index contributed by atoms with van der Waals surface area (Å²) in [5.74, 6) is 0.0593. The number of carbonyl (C=O) groups excluding carboxylic acids is 1. The molecular weight excluding hydrogens is 557 g/mol. The molecule has 9 nitrogen and oxygen atoms in total. The Labute approximate surface area is 242 Å². The van der Waals surface area contributed by atoms with E-state index in [0.29, 0.717) is 18.3 Å². The normalized spacial score (nSPS) is 12.8. The number of nitrogens with zero attached hydrogens (tertiary/aromatic N) is 5. The molecule has 1 heterocycles. The summed E-state index contributed by atoms with van der Waals surface area (Å²) in [6.45, 7) is 10.0. The Morgan fingerprint density at radius 2 is 1.65 bits per heavy atom. The van der Waals surface area contributed by atoms with Crippen molar-refractivity contribution >= 4 is 34.5 Å². The van der Waals surface area contributed by atoms with Crippen LogP contribution in [-0.4, -0.2) is 51.2 Å². The fourth-order valence-electron chi connectivity index (χ4n) is 5.03. The number of benzene rings is 2. The summed E-state index contributed by atoms with van der Waals surface area (Å²) in [5, 5.41) is 8.00. The van der Waals surface area contributed by atoms with Gasteiger partial charge < -0.3 is 14.2 Å². The Morgan fingerprint density at radius 3 is 2.27 bits per heavy atom. The molecule has 2 aromatic carbocycles. The van der Waals surface area contributed by atoms with E-state index in [2.05, 4.69) is 75.8 Å². The molecule has 40 heavy (non-hydrogen) atoms. The standard InChI is InChI=1S/C28H36N6O3SSi2/c1-39(2,37-40(3,4)20-38-27-31-16-21(17-32-27)18-33-34-29)15-9-14-30-28(35)36-19-26-24-12-7-5-10-22(24)23-11-6-8-13-25(23)26/h5-8,10-13,16-17,26H,9,14-15,18-20H2,1-4H3,(H,30,35). The van der Waals surface area contributed by atoms with E-state index in [0.717, 1.165) is 23.4 Å². The van der Waals surface area contributed by atoms with Gasteiger partial charge in [-0.1, -0.05) is 65.4 Å². The van der Waals surface area contributed by atoms with E-state index in [9.17, 15) is 4.79 Å². The average Bonchev–Trinajstić information content (AvgIpc) is 3.25. The molecule has 1 aliphatic rings. The molecule has 3 aromatic rings. The van der Waals surface area contributed by atoms with Crippen molar-refractivity contribution in [2.45, 2.75) is 56.3 Å². The number of thioether (sulfide) groups is 1. The first-order valence-corrected chi connectivity index (χ1v) is 20.6. The van der Waals surface area contributed by atoms with E-state index in [-0.39, 0.29) is 18.6 Å². The number of ether oxygens (including phenoxy) is 1. The Kier molecular flexibility index (Phi) is 10.0. The number of hydrogen-bond donors (Lipinski definition) is 1. The third-order valence-corrected chi connectivity index (χ3v) is 16.5. The Balaban J connectivity index is 1.17. The van der Waals surface area contributed by atoms with Crippen LogP contribution in [0.3, 0.4) is 0 Å². The van der Waals surface area contributed by atoms with Crippen LogP contribution in [0.25, 0.3) is 21.6 Å². The number of amides is 1. The van der Waals surface area contributed by atoms with E-state index in [1.54, 1.807) is 24.2 Å². The molecule has 12 heteroatoms. The van der Waals surface area contributed by atoms with Gasteiger partial charge in [-0.25, -0.2) is 14.8 Å². The van der Waals surface area contributed by atoms with E-state index >= 15 is 0 Å². The molecule has 4 rings (SSSR count). The minimum atomic E-state index is -1.96. The monoisotopic (exact) mass is 592 g/mol.